The number of nitrogens with two attached hydrogens (primary N) is 1. The average molecular weight is 467 g/mol. The third-order valence-electron chi connectivity index (χ3n) is 3.03. The normalized spacial score (nSPS) is 9.39. The molecular formula is C23H34N2O8. The van der Waals surface area contributed by atoms with Gasteiger partial charge in [0.2, 0.25) is 0 Å². The lowest BCUT2D eigenvalue weighted by atomic mass is 10.2. The maximum atomic E-state index is 11.3. The van der Waals surface area contributed by atoms with Gasteiger partial charge in [0.15, 0.2) is 0 Å². The molecule has 0 bridgehead atoms. The minimum absolute atomic E-state index is 0.165. The first-order valence-electron chi connectivity index (χ1n) is 9.79. The largest absolute Gasteiger partial charge is 0.508 e. The molecule has 10 heteroatoms. The molecule has 0 saturated heterocycles. The van der Waals surface area contributed by atoms with E-state index in [1.807, 2.05) is 6.07 Å². The van der Waals surface area contributed by atoms with Crippen LogP contribution in [0, 0.1) is 0 Å². The van der Waals surface area contributed by atoms with Crippen LogP contribution in [0.15, 0.2) is 48.5 Å². The van der Waals surface area contributed by atoms with Gasteiger partial charge in [0.25, 0.3) is 11.9 Å². The average Bonchev–Trinajstić information content (AvgIpc) is 2.66. The van der Waals surface area contributed by atoms with E-state index in [-0.39, 0.29) is 18.0 Å². The molecule has 0 aliphatic carbocycles. The molecule has 0 aliphatic rings. The van der Waals surface area contributed by atoms with E-state index in [2.05, 4.69) is 5.32 Å². The standard InChI is InChI=1S/C12H17NO3.C7H9NO.2C2H4O2/c1-12(2,3)16-11(15)13-8-9-6-4-5-7-10(9)14;8-5-6-3-1-2-4-7(6)9;2*1-2(3)4/h4-7,14H,8H2,1-3H3,(H,13,15);1-4,9H,5,8H2;2*1H3,(H,3,4). The summed E-state index contributed by atoms with van der Waals surface area (Å²) in [6.45, 7) is 8.21. The Morgan fingerprint density at radius 2 is 1.21 bits per heavy atom. The van der Waals surface area contributed by atoms with Crippen molar-refractivity contribution in [3.8, 4) is 11.5 Å². The van der Waals surface area contributed by atoms with Gasteiger partial charge in [0.05, 0.1) is 0 Å². The SMILES string of the molecule is CC(=O)O.CC(=O)O.CC(C)(C)OC(=O)NCc1ccccc1O.NCc1ccccc1O. The van der Waals surface area contributed by atoms with E-state index in [1.54, 1.807) is 63.2 Å². The summed E-state index contributed by atoms with van der Waals surface area (Å²) in [5.74, 6) is -1.22. The van der Waals surface area contributed by atoms with Crippen molar-refractivity contribution < 1.29 is 39.5 Å². The fraction of sp³-hybridized carbons (Fsp3) is 0.348. The van der Waals surface area contributed by atoms with E-state index in [4.69, 9.17) is 35.4 Å². The number of carbonyl (C=O) groups is 3. The van der Waals surface area contributed by atoms with E-state index in [0.717, 1.165) is 19.4 Å². The van der Waals surface area contributed by atoms with Gasteiger partial charge >= 0.3 is 6.09 Å². The summed E-state index contributed by atoms with van der Waals surface area (Å²) >= 11 is 0. The second-order valence-corrected chi connectivity index (χ2v) is 7.36. The highest BCUT2D eigenvalue weighted by Gasteiger charge is 2.15. The van der Waals surface area contributed by atoms with E-state index in [0.29, 0.717) is 12.1 Å². The van der Waals surface area contributed by atoms with Crippen LogP contribution in [0.3, 0.4) is 0 Å². The second kappa shape index (κ2) is 16.8. The van der Waals surface area contributed by atoms with E-state index < -0.39 is 23.6 Å². The van der Waals surface area contributed by atoms with E-state index >= 15 is 0 Å². The number of aliphatic carboxylic acids is 2. The molecule has 0 radical (unpaired) electrons. The number of hydrogen-bond acceptors (Lipinski definition) is 7. The second-order valence-electron chi connectivity index (χ2n) is 7.36. The van der Waals surface area contributed by atoms with Gasteiger partial charge in [0, 0.05) is 38.1 Å². The summed E-state index contributed by atoms with van der Waals surface area (Å²) in [7, 11) is 0. The van der Waals surface area contributed by atoms with Gasteiger partial charge < -0.3 is 36.2 Å². The van der Waals surface area contributed by atoms with Crippen LogP contribution in [0.25, 0.3) is 0 Å². The highest BCUT2D eigenvalue weighted by molar-refractivity contribution is 5.67. The Labute approximate surface area is 193 Å². The quantitative estimate of drug-likeness (QED) is 0.395. The van der Waals surface area contributed by atoms with E-state index in [1.165, 1.54) is 0 Å². The molecule has 1 amide bonds. The number of phenolic OH excluding ortho intramolecular Hbond substituents is 2. The number of rotatable bonds is 3. The molecule has 0 saturated carbocycles. The smallest absolute Gasteiger partial charge is 0.407 e. The van der Waals surface area contributed by atoms with Crippen LogP contribution in [0.4, 0.5) is 4.79 Å². The molecule has 2 aromatic rings. The Hall–Kier alpha value is -3.79. The number of benzene rings is 2. The number of carboxylic acid groups (broad SMARTS) is 2. The highest BCUT2D eigenvalue weighted by atomic mass is 16.6. The Morgan fingerprint density at radius 3 is 1.52 bits per heavy atom. The van der Waals surface area contributed by atoms with Crippen LogP contribution in [0.2, 0.25) is 0 Å². The molecule has 2 aromatic carbocycles. The molecule has 7 N–H and O–H groups in total. The number of ether oxygens (including phenoxy) is 1. The predicted molar refractivity (Wildman–Crippen MR) is 124 cm³/mol. The molecule has 0 atom stereocenters. The topological polar surface area (TPSA) is 179 Å². The molecule has 33 heavy (non-hydrogen) atoms. The van der Waals surface area contributed by atoms with E-state index in [9.17, 15) is 9.90 Å². The van der Waals surface area contributed by atoms with Crippen LogP contribution >= 0.6 is 0 Å². The van der Waals surface area contributed by atoms with Crippen molar-refractivity contribution in [2.45, 2.75) is 53.3 Å². The number of carbonyl (C=O) groups excluding carboxylic acids is 1. The van der Waals surface area contributed by atoms with Gasteiger partial charge in [-0.05, 0) is 32.9 Å². The predicted octanol–water partition coefficient (Wildman–Crippen LogP) is 3.45. The maximum absolute atomic E-state index is 11.3. The van der Waals surface area contributed by atoms with Crippen molar-refractivity contribution in [2.75, 3.05) is 0 Å². The zero-order valence-electron chi connectivity index (χ0n) is 19.5. The van der Waals surface area contributed by atoms with Crippen molar-refractivity contribution in [3.05, 3.63) is 59.7 Å². The number of aromatic hydroxyl groups is 2. The molecule has 0 fully saturated rings. The maximum Gasteiger partial charge on any atom is 0.407 e. The zero-order chi connectivity index (χ0) is 26.0. The Bertz CT molecular complexity index is 844. The van der Waals surface area contributed by atoms with Crippen LogP contribution in [-0.2, 0) is 27.4 Å². The molecule has 0 spiro atoms. The molecule has 0 unspecified atom stereocenters. The Kier molecular flexibility index (Phi) is 16.0. The summed E-state index contributed by atoms with van der Waals surface area (Å²) in [6, 6.07) is 13.9. The lowest BCUT2D eigenvalue weighted by Gasteiger charge is -2.19. The van der Waals surface area contributed by atoms with Crippen molar-refractivity contribution >= 4 is 18.0 Å². The number of hydrogen-bond donors (Lipinski definition) is 6. The molecule has 10 nitrogen and oxygen atoms in total. The first-order valence-corrected chi connectivity index (χ1v) is 9.79. The van der Waals surface area contributed by atoms with Gasteiger partial charge in [-0.1, -0.05) is 36.4 Å². The molecular weight excluding hydrogens is 432 g/mol. The zero-order valence-corrected chi connectivity index (χ0v) is 19.5. The summed E-state index contributed by atoms with van der Waals surface area (Å²) in [5, 5.41) is 35.9. The summed E-state index contributed by atoms with van der Waals surface area (Å²) in [4.78, 5) is 29.3. The lowest BCUT2D eigenvalue weighted by molar-refractivity contribution is -0.135. The molecule has 184 valence electrons. The Morgan fingerprint density at radius 1 is 0.848 bits per heavy atom. The minimum atomic E-state index is -0.833. The summed E-state index contributed by atoms with van der Waals surface area (Å²) < 4.78 is 5.07. The van der Waals surface area contributed by atoms with Gasteiger partial charge in [0.1, 0.15) is 17.1 Å². The number of amides is 1. The molecule has 2 rings (SSSR count). The summed E-state index contributed by atoms with van der Waals surface area (Å²) in [6.07, 6.45) is -0.490. The van der Waals surface area contributed by atoms with Crippen molar-refractivity contribution in [2.24, 2.45) is 5.73 Å². The highest BCUT2D eigenvalue weighted by Crippen LogP contribution is 2.15. The van der Waals surface area contributed by atoms with Crippen molar-refractivity contribution in [1.29, 1.82) is 0 Å². The first kappa shape index (κ1) is 31.4. The third-order valence-corrected chi connectivity index (χ3v) is 3.03. The first-order chi connectivity index (χ1) is 15.2. The number of alkyl carbamates (subject to hydrolysis) is 1. The number of phenols is 2. The fourth-order valence-corrected chi connectivity index (χ4v) is 1.83. The minimum Gasteiger partial charge on any atom is -0.508 e. The lowest BCUT2D eigenvalue weighted by Crippen LogP contribution is -2.32. The van der Waals surface area contributed by atoms with Crippen molar-refractivity contribution in [3.63, 3.8) is 0 Å². The van der Waals surface area contributed by atoms with Crippen LogP contribution in [0.1, 0.15) is 45.7 Å². The number of carboxylic acids is 2. The number of para-hydroxylation sites is 2. The fourth-order valence-electron chi connectivity index (χ4n) is 1.83. The van der Waals surface area contributed by atoms with Crippen LogP contribution < -0.4 is 11.1 Å². The van der Waals surface area contributed by atoms with Gasteiger partial charge in [-0.3, -0.25) is 9.59 Å². The van der Waals surface area contributed by atoms with Crippen LogP contribution in [0.5, 0.6) is 11.5 Å². The molecule has 0 heterocycles. The summed E-state index contributed by atoms with van der Waals surface area (Å²) in [5.41, 5.74) is 6.23. The third kappa shape index (κ3) is 21.2. The Balaban J connectivity index is 0. The monoisotopic (exact) mass is 466 g/mol. The van der Waals surface area contributed by atoms with Gasteiger partial charge in [-0.2, -0.15) is 0 Å². The van der Waals surface area contributed by atoms with Gasteiger partial charge in [-0.25, -0.2) is 4.79 Å². The number of nitrogens with one attached hydrogen (secondary N) is 1. The molecule has 0 aromatic heterocycles. The van der Waals surface area contributed by atoms with Crippen LogP contribution in [-0.4, -0.2) is 44.1 Å². The molecule has 0 aliphatic heterocycles. The van der Waals surface area contributed by atoms with Gasteiger partial charge in [-0.15, -0.1) is 0 Å². The van der Waals surface area contributed by atoms with Crippen molar-refractivity contribution in [1.82, 2.24) is 5.32 Å².